The summed E-state index contributed by atoms with van der Waals surface area (Å²) in [4.78, 5) is 26.9. The van der Waals surface area contributed by atoms with Crippen molar-refractivity contribution in [2.75, 3.05) is 29.9 Å². The minimum Gasteiger partial charge on any atom is -0.357 e. The van der Waals surface area contributed by atoms with Gasteiger partial charge < -0.3 is 4.90 Å². The van der Waals surface area contributed by atoms with Gasteiger partial charge in [-0.25, -0.2) is 9.97 Å². The molecule has 1 aliphatic rings. The number of carbonyl (C=O) groups is 1. The van der Waals surface area contributed by atoms with E-state index in [0.717, 1.165) is 40.6 Å². The van der Waals surface area contributed by atoms with Gasteiger partial charge in [0, 0.05) is 25.7 Å². The van der Waals surface area contributed by atoms with Crippen LogP contribution in [0.3, 0.4) is 0 Å². The molecule has 0 fully saturated rings. The normalized spacial score (nSPS) is 14.2. The maximum absolute atomic E-state index is 13.4. The van der Waals surface area contributed by atoms with Gasteiger partial charge in [0.1, 0.15) is 0 Å². The van der Waals surface area contributed by atoms with E-state index in [-0.39, 0.29) is 5.91 Å². The number of carbonyl (C=O) groups excluding carboxylic acids is 1. The first kappa shape index (κ1) is 16.7. The topological polar surface area (TPSA) is 49.3 Å². The van der Waals surface area contributed by atoms with E-state index in [1.165, 1.54) is 0 Å². The van der Waals surface area contributed by atoms with Crippen molar-refractivity contribution in [1.29, 1.82) is 0 Å². The van der Waals surface area contributed by atoms with Crippen LogP contribution >= 0.6 is 0 Å². The summed E-state index contributed by atoms with van der Waals surface area (Å²) >= 11 is 0. The van der Waals surface area contributed by atoms with Crippen LogP contribution in [0.1, 0.15) is 16.8 Å². The van der Waals surface area contributed by atoms with Gasteiger partial charge in [0.15, 0.2) is 11.6 Å². The van der Waals surface area contributed by atoms with Crippen LogP contribution in [0.2, 0.25) is 0 Å². The lowest BCUT2D eigenvalue weighted by molar-refractivity contribution is 0.0986. The van der Waals surface area contributed by atoms with E-state index in [1.807, 2.05) is 67.7 Å². The van der Waals surface area contributed by atoms with Crippen LogP contribution in [0.15, 0.2) is 66.7 Å². The van der Waals surface area contributed by atoms with E-state index in [1.54, 1.807) is 4.90 Å². The lowest BCUT2D eigenvalue weighted by Crippen LogP contribution is -2.32. The fourth-order valence-electron chi connectivity index (χ4n) is 3.77. The molecule has 0 saturated heterocycles. The number of hydrogen-bond donors (Lipinski definition) is 0. The van der Waals surface area contributed by atoms with Crippen LogP contribution < -0.4 is 9.80 Å². The lowest BCUT2D eigenvalue weighted by atomic mass is 10.1. The number of nitrogens with zero attached hydrogens (tertiary/aromatic N) is 4. The van der Waals surface area contributed by atoms with Crippen LogP contribution in [-0.2, 0) is 0 Å². The monoisotopic (exact) mass is 368 g/mol. The van der Waals surface area contributed by atoms with Gasteiger partial charge in [0.25, 0.3) is 5.91 Å². The van der Waals surface area contributed by atoms with Gasteiger partial charge in [-0.3, -0.25) is 9.69 Å². The molecule has 2 heterocycles. The first-order valence-corrected chi connectivity index (χ1v) is 9.49. The second kappa shape index (κ2) is 6.60. The maximum Gasteiger partial charge on any atom is 0.259 e. The van der Waals surface area contributed by atoms with Crippen molar-refractivity contribution in [2.45, 2.75) is 6.42 Å². The molecule has 0 bridgehead atoms. The molecule has 0 N–H and O–H groups in total. The lowest BCUT2D eigenvalue weighted by Gasteiger charge is -2.23. The molecule has 28 heavy (non-hydrogen) atoms. The molecule has 0 radical (unpaired) electrons. The van der Waals surface area contributed by atoms with Gasteiger partial charge in [0.05, 0.1) is 11.0 Å². The standard InChI is InChI=1S/C23H20N4O/c1-26-13-6-14-27(22-21(26)24-19-9-4-5-10-20(19)25-22)23(28)18-12-11-16-7-2-3-8-17(16)15-18/h2-5,7-12,15H,6,13-14H2,1H3. The molecule has 0 atom stereocenters. The minimum atomic E-state index is -0.0353. The Balaban J connectivity index is 1.63. The quantitative estimate of drug-likeness (QED) is 0.503. The average Bonchev–Trinajstić information content (AvgIpc) is 2.90. The van der Waals surface area contributed by atoms with E-state index in [4.69, 9.17) is 9.97 Å². The van der Waals surface area contributed by atoms with E-state index in [9.17, 15) is 4.79 Å². The van der Waals surface area contributed by atoms with Crippen molar-refractivity contribution in [3.63, 3.8) is 0 Å². The van der Waals surface area contributed by atoms with E-state index >= 15 is 0 Å². The number of rotatable bonds is 1. The Morgan fingerprint density at radius 1 is 0.821 bits per heavy atom. The molecule has 1 aromatic heterocycles. The molecular weight excluding hydrogens is 348 g/mol. The van der Waals surface area contributed by atoms with Gasteiger partial charge in [-0.15, -0.1) is 0 Å². The number of hydrogen-bond acceptors (Lipinski definition) is 4. The van der Waals surface area contributed by atoms with Gasteiger partial charge in [-0.1, -0.05) is 42.5 Å². The average molecular weight is 368 g/mol. The molecule has 5 rings (SSSR count). The zero-order valence-corrected chi connectivity index (χ0v) is 15.7. The SMILES string of the molecule is CN1CCCN(C(=O)c2ccc3ccccc3c2)c2nc3ccccc3nc21. The highest BCUT2D eigenvalue weighted by Crippen LogP contribution is 2.31. The van der Waals surface area contributed by atoms with Crippen LogP contribution in [-0.4, -0.2) is 36.0 Å². The number of amides is 1. The second-order valence-electron chi connectivity index (χ2n) is 7.15. The van der Waals surface area contributed by atoms with Crippen LogP contribution in [0.5, 0.6) is 0 Å². The third-order valence-electron chi connectivity index (χ3n) is 5.27. The summed E-state index contributed by atoms with van der Waals surface area (Å²) in [5.74, 6) is 1.36. The molecule has 4 aromatic rings. The molecule has 0 unspecified atom stereocenters. The summed E-state index contributed by atoms with van der Waals surface area (Å²) < 4.78 is 0. The zero-order chi connectivity index (χ0) is 19.1. The van der Waals surface area contributed by atoms with Crippen LogP contribution in [0.4, 0.5) is 11.6 Å². The molecule has 5 heteroatoms. The number of benzene rings is 3. The van der Waals surface area contributed by atoms with Crippen LogP contribution in [0.25, 0.3) is 21.8 Å². The first-order chi connectivity index (χ1) is 13.7. The highest BCUT2D eigenvalue weighted by Gasteiger charge is 2.27. The Morgan fingerprint density at radius 3 is 2.29 bits per heavy atom. The van der Waals surface area contributed by atoms with Gasteiger partial charge in [0.2, 0.25) is 0 Å². The Morgan fingerprint density at radius 2 is 1.50 bits per heavy atom. The van der Waals surface area contributed by atoms with Crippen molar-refractivity contribution in [3.8, 4) is 0 Å². The number of anilines is 2. The molecule has 138 valence electrons. The molecule has 5 nitrogen and oxygen atoms in total. The molecule has 0 saturated carbocycles. The fourth-order valence-corrected chi connectivity index (χ4v) is 3.77. The smallest absolute Gasteiger partial charge is 0.259 e. The highest BCUT2D eigenvalue weighted by atomic mass is 16.2. The molecule has 1 amide bonds. The van der Waals surface area contributed by atoms with Gasteiger partial charge in [-0.2, -0.15) is 0 Å². The molecule has 1 aliphatic heterocycles. The fraction of sp³-hybridized carbons (Fsp3) is 0.174. The Labute approximate surface area is 163 Å². The van der Waals surface area contributed by atoms with Crippen molar-refractivity contribution < 1.29 is 4.79 Å². The summed E-state index contributed by atoms with van der Waals surface area (Å²) in [5.41, 5.74) is 2.31. The predicted molar refractivity (Wildman–Crippen MR) is 113 cm³/mol. The largest absolute Gasteiger partial charge is 0.357 e. The Kier molecular flexibility index (Phi) is 3.93. The second-order valence-corrected chi connectivity index (χ2v) is 7.15. The van der Waals surface area contributed by atoms with Gasteiger partial charge in [-0.05, 0) is 41.5 Å². The van der Waals surface area contributed by atoms with E-state index in [2.05, 4.69) is 11.0 Å². The highest BCUT2D eigenvalue weighted by molar-refractivity contribution is 6.09. The summed E-state index contributed by atoms with van der Waals surface area (Å²) in [6.45, 7) is 1.46. The maximum atomic E-state index is 13.4. The zero-order valence-electron chi connectivity index (χ0n) is 15.7. The molecular formula is C23H20N4O. The first-order valence-electron chi connectivity index (χ1n) is 9.49. The summed E-state index contributed by atoms with van der Waals surface area (Å²) in [5, 5.41) is 2.19. The number of fused-ring (bicyclic) bond motifs is 3. The Bertz CT molecular complexity index is 1200. The minimum absolute atomic E-state index is 0.0353. The molecule has 0 aliphatic carbocycles. The third kappa shape index (κ3) is 2.76. The van der Waals surface area contributed by atoms with Crippen molar-refractivity contribution in [3.05, 3.63) is 72.3 Å². The molecule has 0 spiro atoms. The summed E-state index contributed by atoms with van der Waals surface area (Å²) in [6.07, 6.45) is 0.865. The number of aromatic nitrogens is 2. The third-order valence-corrected chi connectivity index (χ3v) is 5.27. The van der Waals surface area contributed by atoms with Crippen LogP contribution in [0, 0.1) is 0 Å². The van der Waals surface area contributed by atoms with Crippen molar-refractivity contribution in [2.24, 2.45) is 0 Å². The Hall–Kier alpha value is -3.47. The summed E-state index contributed by atoms with van der Waals surface area (Å²) in [6, 6.07) is 21.7. The summed E-state index contributed by atoms with van der Waals surface area (Å²) in [7, 11) is 2.01. The molecule has 3 aromatic carbocycles. The van der Waals surface area contributed by atoms with Gasteiger partial charge >= 0.3 is 0 Å². The van der Waals surface area contributed by atoms with E-state index < -0.39 is 0 Å². The van der Waals surface area contributed by atoms with Crippen molar-refractivity contribution in [1.82, 2.24) is 9.97 Å². The predicted octanol–water partition coefficient (Wildman–Crippen LogP) is 4.27. The number of para-hydroxylation sites is 2. The van der Waals surface area contributed by atoms with Crippen molar-refractivity contribution >= 4 is 39.3 Å². The van der Waals surface area contributed by atoms with E-state index in [0.29, 0.717) is 17.9 Å².